The molecule has 32 heavy (non-hydrogen) atoms. The predicted octanol–water partition coefficient (Wildman–Crippen LogP) is 5.45. The molecule has 2 N–H and O–H groups in total. The van der Waals surface area contributed by atoms with Crippen molar-refractivity contribution in [2.75, 3.05) is 10.0 Å². The van der Waals surface area contributed by atoms with Crippen LogP contribution in [0.4, 0.5) is 11.4 Å². The Balaban J connectivity index is 1.83. The second-order valence-electron chi connectivity index (χ2n) is 7.98. The normalized spacial score (nSPS) is 11.3. The van der Waals surface area contributed by atoms with Crippen molar-refractivity contribution in [3.63, 3.8) is 0 Å². The predicted molar refractivity (Wildman–Crippen MR) is 128 cm³/mol. The van der Waals surface area contributed by atoms with Gasteiger partial charge < -0.3 is 10.1 Å². The summed E-state index contributed by atoms with van der Waals surface area (Å²) in [4.78, 5) is 12.8. The van der Waals surface area contributed by atoms with E-state index in [2.05, 4.69) is 10.0 Å². The molecule has 0 aromatic heterocycles. The van der Waals surface area contributed by atoms with Crippen LogP contribution in [-0.4, -0.2) is 20.4 Å². The Kier molecular flexibility index (Phi) is 6.89. The largest absolute Gasteiger partial charge is 0.491 e. The number of carbonyl (C=O) groups is 1. The van der Waals surface area contributed by atoms with Crippen LogP contribution in [0.1, 0.15) is 40.9 Å². The summed E-state index contributed by atoms with van der Waals surface area (Å²) in [7, 11) is -3.88. The molecule has 0 heterocycles. The number of amides is 1. The molecule has 0 saturated heterocycles. The van der Waals surface area contributed by atoms with Crippen LogP contribution in [0.15, 0.2) is 65.6 Å². The number of hydrogen-bond acceptors (Lipinski definition) is 4. The van der Waals surface area contributed by atoms with E-state index >= 15 is 0 Å². The minimum absolute atomic E-state index is 0.0561. The zero-order chi connectivity index (χ0) is 23.5. The summed E-state index contributed by atoms with van der Waals surface area (Å²) in [5.41, 5.74) is 3.74. The average molecular weight is 453 g/mol. The molecular weight excluding hydrogens is 424 g/mol. The maximum absolute atomic E-state index is 13.1. The first-order valence-electron chi connectivity index (χ1n) is 10.3. The Labute approximate surface area is 189 Å². The molecule has 0 fully saturated rings. The first-order chi connectivity index (χ1) is 15.1. The lowest BCUT2D eigenvalue weighted by Gasteiger charge is -2.15. The highest BCUT2D eigenvalue weighted by atomic mass is 32.2. The van der Waals surface area contributed by atoms with Gasteiger partial charge in [-0.3, -0.25) is 9.52 Å². The number of hydrogen-bond donors (Lipinski definition) is 2. The lowest BCUT2D eigenvalue weighted by molar-refractivity contribution is 0.102. The van der Waals surface area contributed by atoms with Crippen LogP contribution in [0.3, 0.4) is 0 Å². The van der Waals surface area contributed by atoms with Crippen LogP contribution in [-0.2, 0) is 10.0 Å². The van der Waals surface area contributed by atoms with E-state index in [1.807, 2.05) is 33.8 Å². The molecule has 3 rings (SSSR count). The summed E-state index contributed by atoms with van der Waals surface area (Å²) in [5, 5.41) is 2.79. The van der Waals surface area contributed by atoms with Crippen molar-refractivity contribution >= 4 is 27.3 Å². The molecule has 0 spiro atoms. The minimum atomic E-state index is -3.88. The van der Waals surface area contributed by atoms with Gasteiger partial charge in [-0.1, -0.05) is 18.2 Å². The van der Waals surface area contributed by atoms with Crippen molar-refractivity contribution in [1.29, 1.82) is 0 Å². The summed E-state index contributed by atoms with van der Waals surface area (Å²) in [6.45, 7) is 9.36. The molecule has 6 nitrogen and oxygen atoms in total. The molecule has 1 amide bonds. The van der Waals surface area contributed by atoms with E-state index in [9.17, 15) is 13.2 Å². The molecule has 0 aliphatic rings. The third-order valence-electron chi connectivity index (χ3n) is 5.07. The molecular formula is C25H28N2O4S. The van der Waals surface area contributed by atoms with Gasteiger partial charge in [0, 0.05) is 11.3 Å². The molecule has 0 unspecified atom stereocenters. The van der Waals surface area contributed by atoms with Gasteiger partial charge in [0.15, 0.2) is 0 Å². The molecule has 0 radical (unpaired) electrons. The SMILES string of the molecule is Cc1ccc(C(=O)Nc2ccc(OC(C)C)cc2)cc1S(=O)(=O)Nc1cccc(C)c1C. The van der Waals surface area contributed by atoms with E-state index in [0.717, 1.165) is 11.1 Å². The van der Waals surface area contributed by atoms with Gasteiger partial charge >= 0.3 is 0 Å². The Morgan fingerprint density at radius 3 is 2.25 bits per heavy atom. The molecule has 7 heteroatoms. The third kappa shape index (κ3) is 5.48. The smallest absolute Gasteiger partial charge is 0.262 e. The number of benzene rings is 3. The first-order valence-corrected chi connectivity index (χ1v) is 11.8. The Hall–Kier alpha value is -3.32. The molecule has 0 aliphatic carbocycles. The van der Waals surface area contributed by atoms with E-state index in [-0.39, 0.29) is 16.6 Å². The van der Waals surface area contributed by atoms with Crippen molar-refractivity contribution in [3.8, 4) is 5.75 Å². The van der Waals surface area contributed by atoms with Gasteiger partial charge in [-0.05, 0) is 93.8 Å². The number of anilines is 2. The topological polar surface area (TPSA) is 84.5 Å². The second kappa shape index (κ2) is 9.44. The van der Waals surface area contributed by atoms with E-state index in [1.54, 1.807) is 55.5 Å². The van der Waals surface area contributed by atoms with Gasteiger partial charge in [0.1, 0.15) is 5.75 Å². The van der Waals surface area contributed by atoms with Crippen molar-refractivity contribution in [2.45, 2.75) is 45.6 Å². The lowest BCUT2D eigenvalue weighted by Crippen LogP contribution is -2.17. The Bertz CT molecular complexity index is 1230. The number of aryl methyl sites for hydroxylation is 2. The van der Waals surface area contributed by atoms with Crippen LogP contribution in [0, 0.1) is 20.8 Å². The van der Waals surface area contributed by atoms with E-state index in [1.165, 1.54) is 6.07 Å². The van der Waals surface area contributed by atoms with Crippen LogP contribution in [0.2, 0.25) is 0 Å². The van der Waals surface area contributed by atoms with Crippen LogP contribution in [0.5, 0.6) is 5.75 Å². The summed E-state index contributed by atoms with van der Waals surface area (Å²) in [6.07, 6.45) is 0.0561. The maximum atomic E-state index is 13.1. The molecule has 0 saturated carbocycles. The van der Waals surface area contributed by atoms with Crippen LogP contribution >= 0.6 is 0 Å². The summed E-state index contributed by atoms with van der Waals surface area (Å²) in [6, 6.07) is 17.1. The minimum Gasteiger partial charge on any atom is -0.491 e. The number of nitrogens with one attached hydrogen (secondary N) is 2. The van der Waals surface area contributed by atoms with E-state index in [0.29, 0.717) is 22.7 Å². The first kappa shape index (κ1) is 23.3. The summed E-state index contributed by atoms with van der Waals surface area (Å²) >= 11 is 0. The van der Waals surface area contributed by atoms with Crippen molar-refractivity contribution in [2.24, 2.45) is 0 Å². The highest BCUT2D eigenvalue weighted by Crippen LogP contribution is 2.25. The van der Waals surface area contributed by atoms with Crippen LogP contribution in [0.25, 0.3) is 0 Å². The molecule has 168 valence electrons. The fourth-order valence-corrected chi connectivity index (χ4v) is 4.58. The fraction of sp³-hybridized carbons (Fsp3) is 0.240. The zero-order valence-corrected chi connectivity index (χ0v) is 19.7. The van der Waals surface area contributed by atoms with Gasteiger partial charge in [0.05, 0.1) is 16.7 Å². The quantitative estimate of drug-likeness (QED) is 0.499. The standard InChI is InChI=1S/C25H28N2O4S/c1-16(2)31-22-13-11-21(12-14-22)26-25(28)20-10-9-18(4)24(15-20)32(29,30)27-23-8-6-7-17(3)19(23)5/h6-16,27H,1-5H3,(H,26,28). The van der Waals surface area contributed by atoms with Crippen LogP contribution < -0.4 is 14.8 Å². The highest BCUT2D eigenvalue weighted by Gasteiger charge is 2.20. The number of ether oxygens (including phenoxy) is 1. The van der Waals surface area contributed by atoms with Gasteiger partial charge in [-0.2, -0.15) is 0 Å². The Morgan fingerprint density at radius 1 is 0.906 bits per heavy atom. The maximum Gasteiger partial charge on any atom is 0.262 e. The second-order valence-corrected chi connectivity index (χ2v) is 9.63. The number of carbonyl (C=O) groups excluding carboxylic acids is 1. The molecule has 0 bridgehead atoms. The van der Waals surface area contributed by atoms with Crippen molar-refractivity contribution in [1.82, 2.24) is 0 Å². The fourth-order valence-electron chi connectivity index (χ4n) is 3.18. The van der Waals surface area contributed by atoms with E-state index < -0.39 is 15.9 Å². The summed E-state index contributed by atoms with van der Waals surface area (Å²) in [5.74, 6) is 0.310. The van der Waals surface area contributed by atoms with Gasteiger partial charge in [-0.15, -0.1) is 0 Å². The zero-order valence-electron chi connectivity index (χ0n) is 18.9. The third-order valence-corrected chi connectivity index (χ3v) is 6.58. The van der Waals surface area contributed by atoms with Crippen molar-refractivity contribution < 1.29 is 17.9 Å². The molecule has 3 aromatic rings. The van der Waals surface area contributed by atoms with Crippen molar-refractivity contribution in [3.05, 3.63) is 82.9 Å². The van der Waals surface area contributed by atoms with E-state index in [4.69, 9.17) is 4.74 Å². The monoisotopic (exact) mass is 452 g/mol. The molecule has 0 aliphatic heterocycles. The number of sulfonamides is 1. The molecule has 0 atom stereocenters. The Morgan fingerprint density at radius 2 is 1.59 bits per heavy atom. The lowest BCUT2D eigenvalue weighted by atomic mass is 10.1. The highest BCUT2D eigenvalue weighted by molar-refractivity contribution is 7.92. The van der Waals surface area contributed by atoms with Gasteiger partial charge in [-0.25, -0.2) is 8.42 Å². The number of rotatable bonds is 7. The molecule has 3 aromatic carbocycles. The van der Waals surface area contributed by atoms with Gasteiger partial charge in [0.2, 0.25) is 0 Å². The summed E-state index contributed by atoms with van der Waals surface area (Å²) < 4.78 is 34.4. The average Bonchev–Trinajstić information content (AvgIpc) is 2.72. The van der Waals surface area contributed by atoms with Gasteiger partial charge in [0.25, 0.3) is 15.9 Å².